The number of Topliss-reactive ketones (excluding diaryl/α,β-unsaturated/α-hetero) is 1. The fraction of sp³-hybridized carbons (Fsp3) is 0.533. The van der Waals surface area contributed by atoms with E-state index in [0.29, 0.717) is 18.7 Å². The number of ketones is 1. The van der Waals surface area contributed by atoms with Gasteiger partial charge in [-0.1, -0.05) is 6.07 Å². The molecule has 1 aromatic rings. The molecular weight excluding hydrogens is 288 g/mol. The minimum Gasteiger partial charge on any atom is -0.378 e. The summed E-state index contributed by atoms with van der Waals surface area (Å²) in [6.45, 7) is 2.51. The van der Waals surface area contributed by atoms with E-state index in [1.807, 2.05) is 6.92 Å². The van der Waals surface area contributed by atoms with Gasteiger partial charge in [0.25, 0.3) is 0 Å². The number of carbonyl (C=O) groups is 1. The molecule has 0 radical (unpaired) electrons. The van der Waals surface area contributed by atoms with Crippen molar-refractivity contribution in [1.29, 1.82) is 0 Å². The first-order valence-corrected chi connectivity index (χ1v) is 6.82. The summed E-state index contributed by atoms with van der Waals surface area (Å²) in [6, 6.07) is 2.32. The molecule has 0 unspecified atom stereocenters. The van der Waals surface area contributed by atoms with Gasteiger partial charge in [-0.3, -0.25) is 4.79 Å². The average Bonchev–Trinajstić information content (AvgIpc) is 2.34. The van der Waals surface area contributed by atoms with Crippen molar-refractivity contribution in [2.75, 3.05) is 6.61 Å². The van der Waals surface area contributed by atoms with E-state index >= 15 is 0 Å². The van der Waals surface area contributed by atoms with Crippen LogP contribution >= 0.6 is 0 Å². The Bertz CT molecular complexity index is 519. The van der Waals surface area contributed by atoms with Gasteiger partial charge < -0.3 is 4.74 Å². The molecule has 0 aliphatic heterocycles. The zero-order valence-corrected chi connectivity index (χ0v) is 11.5. The van der Waals surface area contributed by atoms with Crippen molar-refractivity contribution in [2.45, 2.75) is 38.5 Å². The van der Waals surface area contributed by atoms with Crippen molar-refractivity contribution < 1.29 is 27.1 Å². The molecule has 0 aromatic heterocycles. The number of alkyl halides is 3. The first-order chi connectivity index (χ1) is 9.81. The minimum absolute atomic E-state index is 0.0136. The van der Waals surface area contributed by atoms with Crippen LogP contribution in [0.25, 0.3) is 0 Å². The van der Waals surface area contributed by atoms with Crippen molar-refractivity contribution in [3.8, 4) is 0 Å². The third-order valence-electron chi connectivity index (χ3n) is 3.67. The predicted octanol–water partition coefficient (Wildman–Crippen LogP) is 4.23. The van der Waals surface area contributed by atoms with Crippen LogP contribution in [0.1, 0.15) is 42.1 Å². The Hall–Kier alpha value is -1.43. The number of halogens is 4. The molecule has 116 valence electrons. The second-order valence-corrected chi connectivity index (χ2v) is 5.23. The van der Waals surface area contributed by atoms with Crippen molar-refractivity contribution in [3.05, 3.63) is 35.1 Å². The van der Waals surface area contributed by atoms with Crippen LogP contribution in [0.15, 0.2) is 18.2 Å². The highest BCUT2D eigenvalue weighted by molar-refractivity contribution is 5.96. The molecule has 0 amide bonds. The van der Waals surface area contributed by atoms with Crippen molar-refractivity contribution >= 4 is 5.78 Å². The van der Waals surface area contributed by atoms with E-state index in [-0.39, 0.29) is 29.8 Å². The molecule has 2 rings (SSSR count). The van der Waals surface area contributed by atoms with Crippen LogP contribution in [0, 0.1) is 11.7 Å². The highest BCUT2D eigenvalue weighted by Crippen LogP contribution is 2.35. The molecule has 1 aromatic carbocycles. The largest absolute Gasteiger partial charge is 0.419 e. The molecular formula is C15H16F4O2. The molecule has 21 heavy (non-hydrogen) atoms. The Balaban J connectivity index is 1.96. The van der Waals surface area contributed by atoms with Crippen molar-refractivity contribution in [1.82, 2.24) is 0 Å². The molecule has 0 spiro atoms. The first-order valence-electron chi connectivity index (χ1n) is 6.82. The lowest BCUT2D eigenvalue weighted by Crippen LogP contribution is -2.32. The van der Waals surface area contributed by atoms with Crippen LogP contribution in [0.3, 0.4) is 0 Å². The normalized spacial score (nSPS) is 22.0. The standard InChI is InChI=1S/C15H16F4O2/c1-2-21-11-5-9(6-11)7-14(20)10-3-4-12(13(16)8-10)15(17,18)19/h3-4,8-9,11H,2,5-7H2,1H3. The van der Waals surface area contributed by atoms with Gasteiger partial charge in [-0.05, 0) is 37.8 Å². The topological polar surface area (TPSA) is 26.3 Å². The Morgan fingerprint density at radius 1 is 1.33 bits per heavy atom. The predicted molar refractivity (Wildman–Crippen MR) is 68.5 cm³/mol. The van der Waals surface area contributed by atoms with Gasteiger partial charge in [0, 0.05) is 18.6 Å². The molecule has 0 atom stereocenters. The van der Waals surface area contributed by atoms with E-state index < -0.39 is 17.6 Å². The Labute approximate surface area is 120 Å². The molecule has 1 aliphatic carbocycles. The van der Waals surface area contributed by atoms with Gasteiger partial charge in [0.2, 0.25) is 0 Å². The van der Waals surface area contributed by atoms with Crippen molar-refractivity contribution in [3.63, 3.8) is 0 Å². The smallest absolute Gasteiger partial charge is 0.378 e. The van der Waals surface area contributed by atoms with Crippen LogP contribution in [-0.2, 0) is 10.9 Å². The Morgan fingerprint density at radius 3 is 2.52 bits per heavy atom. The molecule has 2 nitrogen and oxygen atoms in total. The molecule has 0 N–H and O–H groups in total. The van der Waals surface area contributed by atoms with Crippen LogP contribution in [0.2, 0.25) is 0 Å². The highest BCUT2D eigenvalue weighted by atomic mass is 19.4. The number of carbonyl (C=O) groups excluding carboxylic acids is 1. The average molecular weight is 304 g/mol. The molecule has 6 heteroatoms. The van der Waals surface area contributed by atoms with E-state index in [4.69, 9.17) is 4.74 Å². The summed E-state index contributed by atoms with van der Waals surface area (Å²) in [6.07, 6.45) is -2.83. The Kier molecular flexibility index (Phi) is 4.66. The molecule has 1 aliphatic rings. The van der Waals surface area contributed by atoms with Crippen LogP contribution in [-0.4, -0.2) is 18.5 Å². The number of benzene rings is 1. The summed E-state index contributed by atoms with van der Waals surface area (Å²) in [5.74, 6) is -1.57. The van der Waals surface area contributed by atoms with E-state index in [2.05, 4.69) is 0 Å². The summed E-state index contributed by atoms with van der Waals surface area (Å²) in [5.41, 5.74) is -1.36. The quantitative estimate of drug-likeness (QED) is 0.601. The second-order valence-electron chi connectivity index (χ2n) is 5.23. The lowest BCUT2D eigenvalue weighted by atomic mass is 9.78. The maximum atomic E-state index is 13.4. The molecule has 0 saturated heterocycles. The lowest BCUT2D eigenvalue weighted by Gasteiger charge is -2.34. The van der Waals surface area contributed by atoms with Crippen molar-refractivity contribution in [2.24, 2.45) is 5.92 Å². The minimum atomic E-state index is -4.75. The third kappa shape index (κ3) is 3.81. The van der Waals surface area contributed by atoms with E-state index in [1.54, 1.807) is 0 Å². The summed E-state index contributed by atoms with van der Waals surface area (Å²) in [4.78, 5) is 11.9. The highest BCUT2D eigenvalue weighted by Gasteiger charge is 2.35. The van der Waals surface area contributed by atoms with Gasteiger partial charge >= 0.3 is 6.18 Å². The number of hydrogen-bond acceptors (Lipinski definition) is 2. The Morgan fingerprint density at radius 2 is 2.00 bits per heavy atom. The first kappa shape index (κ1) is 15.9. The van der Waals surface area contributed by atoms with E-state index in [0.717, 1.165) is 18.9 Å². The van der Waals surface area contributed by atoms with Gasteiger partial charge in [-0.15, -0.1) is 0 Å². The van der Waals surface area contributed by atoms with Gasteiger partial charge in [0.05, 0.1) is 11.7 Å². The third-order valence-corrected chi connectivity index (χ3v) is 3.67. The summed E-state index contributed by atoms with van der Waals surface area (Å²) < 4.78 is 56.1. The molecule has 0 bridgehead atoms. The van der Waals surface area contributed by atoms with Gasteiger partial charge in [0.15, 0.2) is 5.78 Å². The molecule has 0 heterocycles. The summed E-state index contributed by atoms with van der Waals surface area (Å²) >= 11 is 0. The van der Waals surface area contributed by atoms with E-state index in [9.17, 15) is 22.4 Å². The number of rotatable bonds is 5. The zero-order valence-electron chi connectivity index (χ0n) is 11.5. The van der Waals surface area contributed by atoms with Crippen LogP contribution < -0.4 is 0 Å². The number of hydrogen-bond donors (Lipinski definition) is 0. The fourth-order valence-electron chi connectivity index (χ4n) is 2.51. The van der Waals surface area contributed by atoms with Gasteiger partial charge in [-0.25, -0.2) is 4.39 Å². The SMILES string of the molecule is CCOC1CC(CC(=O)c2ccc(C(F)(F)F)c(F)c2)C1. The van der Waals surface area contributed by atoms with Gasteiger partial charge in [0.1, 0.15) is 5.82 Å². The van der Waals surface area contributed by atoms with E-state index in [1.165, 1.54) is 0 Å². The maximum absolute atomic E-state index is 13.4. The lowest BCUT2D eigenvalue weighted by molar-refractivity contribution is -0.140. The monoisotopic (exact) mass is 304 g/mol. The molecule has 1 saturated carbocycles. The zero-order chi connectivity index (χ0) is 15.6. The van der Waals surface area contributed by atoms with Crippen LogP contribution in [0.4, 0.5) is 17.6 Å². The van der Waals surface area contributed by atoms with Gasteiger partial charge in [-0.2, -0.15) is 13.2 Å². The number of ether oxygens (including phenoxy) is 1. The summed E-state index contributed by atoms with van der Waals surface area (Å²) in [5, 5.41) is 0. The molecule has 1 fully saturated rings. The fourth-order valence-corrected chi connectivity index (χ4v) is 2.51. The van der Waals surface area contributed by atoms with Crippen LogP contribution in [0.5, 0.6) is 0 Å². The second kappa shape index (κ2) is 6.13. The maximum Gasteiger partial charge on any atom is 0.419 e. The summed E-state index contributed by atoms with van der Waals surface area (Å²) in [7, 11) is 0.